The molecule has 0 aliphatic carbocycles. The first kappa shape index (κ1) is 9.21. The van der Waals surface area contributed by atoms with Crippen molar-refractivity contribution in [2.75, 3.05) is 0 Å². The number of carbonyl (C=O) groups is 1. The van der Waals surface area contributed by atoms with Crippen LogP contribution in [0.5, 0.6) is 0 Å². The summed E-state index contributed by atoms with van der Waals surface area (Å²) in [5.41, 5.74) is 2.10. The van der Waals surface area contributed by atoms with Crippen LogP contribution in [0.25, 0.3) is 11.0 Å². The summed E-state index contributed by atoms with van der Waals surface area (Å²) >= 11 is 3.27. The highest BCUT2D eigenvalue weighted by Crippen LogP contribution is 2.22. The molecule has 2 rings (SSSR count). The Morgan fingerprint density at radius 1 is 1.64 bits per heavy atom. The summed E-state index contributed by atoms with van der Waals surface area (Å²) in [4.78, 5) is 17.9. The third-order valence-electron chi connectivity index (χ3n) is 2.00. The van der Waals surface area contributed by atoms with Crippen molar-refractivity contribution in [3.63, 3.8) is 0 Å². The van der Waals surface area contributed by atoms with Gasteiger partial charge in [0.05, 0.1) is 5.52 Å². The molecule has 0 amide bonds. The highest BCUT2D eigenvalue weighted by Gasteiger charge is 2.15. The van der Waals surface area contributed by atoms with E-state index < -0.39 is 5.97 Å². The molecule has 72 valence electrons. The van der Waals surface area contributed by atoms with Gasteiger partial charge in [-0.3, -0.25) is 4.98 Å². The highest BCUT2D eigenvalue weighted by molar-refractivity contribution is 9.10. The van der Waals surface area contributed by atoms with Gasteiger partial charge in [0.1, 0.15) is 11.1 Å². The van der Waals surface area contributed by atoms with Gasteiger partial charge in [0.25, 0.3) is 0 Å². The first-order valence-corrected chi connectivity index (χ1v) is 4.76. The van der Waals surface area contributed by atoms with E-state index in [1.807, 2.05) is 6.07 Å². The number of aromatic nitrogens is 2. The van der Waals surface area contributed by atoms with Gasteiger partial charge in [0, 0.05) is 16.4 Å². The number of rotatable bonds is 1. The van der Waals surface area contributed by atoms with Crippen LogP contribution in [0, 0.1) is 6.92 Å². The van der Waals surface area contributed by atoms with Gasteiger partial charge in [-0.1, -0.05) is 0 Å². The standard InChI is InChI=1S/C9H7BrN2O2/c1-4-7(9(13)14)8-6(12-4)2-5(10)3-11-8/h2-3,12H,1H3,(H,13,14). The fraction of sp³-hybridized carbons (Fsp3) is 0.111. The van der Waals surface area contributed by atoms with E-state index in [1.54, 1.807) is 13.1 Å². The van der Waals surface area contributed by atoms with E-state index in [0.29, 0.717) is 11.2 Å². The fourth-order valence-electron chi connectivity index (χ4n) is 1.44. The monoisotopic (exact) mass is 254 g/mol. The summed E-state index contributed by atoms with van der Waals surface area (Å²) in [6, 6.07) is 1.81. The first-order valence-electron chi connectivity index (χ1n) is 3.96. The number of halogens is 1. The predicted octanol–water partition coefficient (Wildman–Crippen LogP) is 2.33. The van der Waals surface area contributed by atoms with Crippen molar-refractivity contribution in [1.29, 1.82) is 0 Å². The minimum absolute atomic E-state index is 0.243. The third-order valence-corrected chi connectivity index (χ3v) is 2.44. The van der Waals surface area contributed by atoms with Gasteiger partial charge >= 0.3 is 5.97 Å². The zero-order chi connectivity index (χ0) is 10.3. The Hall–Kier alpha value is -1.36. The Labute approximate surface area is 88.1 Å². The molecule has 0 radical (unpaired) electrons. The van der Waals surface area contributed by atoms with Crippen molar-refractivity contribution in [2.24, 2.45) is 0 Å². The van der Waals surface area contributed by atoms with Crippen molar-refractivity contribution in [1.82, 2.24) is 9.97 Å². The zero-order valence-electron chi connectivity index (χ0n) is 7.34. The Morgan fingerprint density at radius 3 is 3.00 bits per heavy atom. The number of hydrogen-bond donors (Lipinski definition) is 2. The minimum atomic E-state index is -0.955. The molecule has 0 saturated heterocycles. The first-order chi connectivity index (χ1) is 6.59. The summed E-state index contributed by atoms with van der Waals surface area (Å²) in [5.74, 6) is -0.955. The molecule has 14 heavy (non-hydrogen) atoms. The minimum Gasteiger partial charge on any atom is -0.478 e. The second kappa shape index (κ2) is 3.09. The second-order valence-corrected chi connectivity index (χ2v) is 3.90. The lowest BCUT2D eigenvalue weighted by Gasteiger charge is -1.92. The van der Waals surface area contributed by atoms with Crippen molar-refractivity contribution in [2.45, 2.75) is 6.92 Å². The largest absolute Gasteiger partial charge is 0.478 e. The lowest BCUT2D eigenvalue weighted by Crippen LogP contribution is -1.97. The summed E-state index contributed by atoms with van der Waals surface area (Å²) in [5, 5.41) is 8.95. The molecule has 2 aromatic heterocycles. The molecule has 0 unspecified atom stereocenters. The molecule has 0 saturated carbocycles. The topological polar surface area (TPSA) is 66.0 Å². The van der Waals surface area contributed by atoms with Gasteiger partial charge in [0.2, 0.25) is 0 Å². The number of carboxylic acids is 1. The van der Waals surface area contributed by atoms with Gasteiger partial charge in [-0.15, -0.1) is 0 Å². The lowest BCUT2D eigenvalue weighted by molar-refractivity contribution is 0.0698. The van der Waals surface area contributed by atoms with Crippen LogP contribution in [0.3, 0.4) is 0 Å². The van der Waals surface area contributed by atoms with Gasteiger partial charge in [-0.05, 0) is 28.9 Å². The fourth-order valence-corrected chi connectivity index (χ4v) is 1.77. The predicted molar refractivity (Wildman–Crippen MR) is 55.5 cm³/mol. The van der Waals surface area contributed by atoms with E-state index in [0.717, 1.165) is 9.99 Å². The zero-order valence-corrected chi connectivity index (χ0v) is 8.92. The molecule has 0 atom stereocenters. The molecule has 2 aromatic rings. The molecular formula is C9H7BrN2O2. The van der Waals surface area contributed by atoms with Gasteiger partial charge in [0.15, 0.2) is 0 Å². The van der Waals surface area contributed by atoms with Crippen LogP contribution in [-0.2, 0) is 0 Å². The quantitative estimate of drug-likeness (QED) is 0.821. The van der Waals surface area contributed by atoms with E-state index in [2.05, 4.69) is 25.9 Å². The molecule has 0 spiro atoms. The third kappa shape index (κ3) is 1.29. The van der Waals surface area contributed by atoms with E-state index in [-0.39, 0.29) is 5.56 Å². The van der Waals surface area contributed by atoms with Crippen LogP contribution < -0.4 is 0 Å². The number of nitrogens with one attached hydrogen (secondary N) is 1. The number of fused-ring (bicyclic) bond motifs is 1. The molecule has 4 nitrogen and oxygen atoms in total. The molecule has 2 heterocycles. The van der Waals surface area contributed by atoms with E-state index >= 15 is 0 Å². The molecule has 0 bridgehead atoms. The summed E-state index contributed by atoms with van der Waals surface area (Å²) in [7, 11) is 0. The number of aryl methyl sites for hydroxylation is 1. The average molecular weight is 255 g/mol. The van der Waals surface area contributed by atoms with Crippen LogP contribution in [0.4, 0.5) is 0 Å². The maximum absolute atomic E-state index is 10.9. The van der Waals surface area contributed by atoms with Crippen molar-refractivity contribution < 1.29 is 9.90 Å². The Bertz CT molecular complexity index is 519. The molecule has 5 heteroatoms. The SMILES string of the molecule is Cc1[nH]c2cc(Br)cnc2c1C(=O)O. The average Bonchev–Trinajstić information content (AvgIpc) is 2.39. The Morgan fingerprint density at radius 2 is 2.36 bits per heavy atom. The molecule has 0 aliphatic rings. The number of pyridine rings is 1. The Kier molecular flexibility index (Phi) is 2.03. The van der Waals surface area contributed by atoms with Crippen molar-refractivity contribution in [3.8, 4) is 0 Å². The smallest absolute Gasteiger partial charge is 0.339 e. The summed E-state index contributed by atoms with van der Waals surface area (Å²) < 4.78 is 0.822. The van der Waals surface area contributed by atoms with E-state index in [4.69, 9.17) is 5.11 Å². The van der Waals surface area contributed by atoms with Crippen LogP contribution in [0.2, 0.25) is 0 Å². The van der Waals surface area contributed by atoms with E-state index in [1.165, 1.54) is 0 Å². The molecule has 0 fully saturated rings. The number of H-pyrrole nitrogens is 1. The van der Waals surface area contributed by atoms with E-state index in [9.17, 15) is 4.79 Å². The Balaban J connectivity index is 2.84. The highest BCUT2D eigenvalue weighted by atomic mass is 79.9. The number of aromatic carboxylic acids is 1. The molecule has 0 aliphatic heterocycles. The van der Waals surface area contributed by atoms with Gasteiger partial charge in [-0.2, -0.15) is 0 Å². The molecule has 2 N–H and O–H groups in total. The maximum atomic E-state index is 10.9. The van der Waals surface area contributed by atoms with Crippen LogP contribution in [-0.4, -0.2) is 21.0 Å². The normalized spacial score (nSPS) is 10.7. The number of aromatic amines is 1. The van der Waals surface area contributed by atoms with Crippen LogP contribution in [0.15, 0.2) is 16.7 Å². The number of hydrogen-bond acceptors (Lipinski definition) is 2. The summed E-state index contributed by atoms with van der Waals surface area (Å²) in [6.45, 7) is 1.72. The number of nitrogens with zero attached hydrogens (tertiary/aromatic N) is 1. The molecular weight excluding hydrogens is 248 g/mol. The summed E-state index contributed by atoms with van der Waals surface area (Å²) in [6.07, 6.45) is 1.59. The van der Waals surface area contributed by atoms with Crippen LogP contribution >= 0.6 is 15.9 Å². The number of carboxylic acid groups (broad SMARTS) is 1. The van der Waals surface area contributed by atoms with Gasteiger partial charge < -0.3 is 10.1 Å². The lowest BCUT2D eigenvalue weighted by atomic mass is 10.2. The van der Waals surface area contributed by atoms with Gasteiger partial charge in [-0.25, -0.2) is 4.79 Å². The second-order valence-electron chi connectivity index (χ2n) is 2.98. The molecule has 0 aromatic carbocycles. The maximum Gasteiger partial charge on any atom is 0.339 e. The van der Waals surface area contributed by atoms with Crippen molar-refractivity contribution >= 4 is 32.9 Å². The van der Waals surface area contributed by atoms with Crippen LogP contribution in [0.1, 0.15) is 16.1 Å². The van der Waals surface area contributed by atoms with Crippen molar-refractivity contribution in [3.05, 3.63) is 28.0 Å².